The lowest BCUT2D eigenvalue weighted by Gasteiger charge is -2.21. The van der Waals surface area contributed by atoms with Gasteiger partial charge in [0, 0.05) is 37.3 Å². The summed E-state index contributed by atoms with van der Waals surface area (Å²) in [6, 6.07) is 7.67. The number of benzene rings is 1. The van der Waals surface area contributed by atoms with Crippen LogP contribution in [0.3, 0.4) is 0 Å². The second-order valence-corrected chi connectivity index (χ2v) is 6.18. The molecule has 0 aliphatic carbocycles. The lowest BCUT2D eigenvalue weighted by molar-refractivity contribution is -0.131. The van der Waals surface area contributed by atoms with Gasteiger partial charge in [-0.2, -0.15) is 5.10 Å². The van der Waals surface area contributed by atoms with Crippen molar-refractivity contribution in [2.75, 3.05) is 6.54 Å². The monoisotopic (exact) mass is 333 g/mol. The Balaban J connectivity index is 2.02. The Morgan fingerprint density at radius 3 is 2.57 bits per heavy atom. The molecule has 0 saturated carbocycles. The van der Waals surface area contributed by atoms with Gasteiger partial charge in [0.2, 0.25) is 5.91 Å². The molecule has 5 heteroatoms. The quantitative estimate of drug-likeness (QED) is 0.809. The van der Waals surface area contributed by atoms with Gasteiger partial charge in [0.05, 0.1) is 5.69 Å². The van der Waals surface area contributed by atoms with E-state index in [0.29, 0.717) is 24.5 Å². The maximum Gasteiger partial charge on any atom is 0.223 e. The van der Waals surface area contributed by atoms with E-state index in [1.165, 1.54) is 5.56 Å². The fourth-order valence-corrected chi connectivity index (χ4v) is 2.97. The van der Waals surface area contributed by atoms with E-state index in [-0.39, 0.29) is 5.91 Å². The van der Waals surface area contributed by atoms with Gasteiger partial charge in [0.15, 0.2) is 0 Å². The molecule has 1 aromatic heterocycles. The summed E-state index contributed by atoms with van der Waals surface area (Å²) in [7, 11) is 1.93. The molecule has 0 aliphatic heterocycles. The first kappa shape index (κ1) is 17.5. The molecule has 0 saturated heterocycles. The largest absolute Gasteiger partial charge is 0.339 e. The van der Waals surface area contributed by atoms with Crippen LogP contribution in [0.5, 0.6) is 0 Å². The van der Waals surface area contributed by atoms with E-state index in [0.717, 1.165) is 23.4 Å². The van der Waals surface area contributed by atoms with Gasteiger partial charge in [-0.25, -0.2) is 0 Å². The van der Waals surface area contributed by atoms with Crippen LogP contribution in [0.4, 0.5) is 0 Å². The molecule has 1 amide bonds. The number of hydrogen-bond acceptors (Lipinski definition) is 2. The Hall–Kier alpha value is -1.81. The van der Waals surface area contributed by atoms with E-state index in [1.54, 1.807) is 0 Å². The molecule has 4 nitrogen and oxygen atoms in total. The summed E-state index contributed by atoms with van der Waals surface area (Å²) in [6.07, 6.45) is 1.22. The summed E-state index contributed by atoms with van der Waals surface area (Å²) in [4.78, 5) is 14.4. The zero-order valence-electron chi connectivity index (χ0n) is 14.3. The molecule has 2 rings (SSSR count). The standard InChI is InChI=1S/C18H24ClN3O/c1-5-22(12-15-8-6-7-9-17(15)19)18(23)11-10-16-13(2)20-21(4)14(16)3/h6-9H,5,10-12H2,1-4H3. The average molecular weight is 334 g/mol. The number of aromatic nitrogens is 2. The van der Waals surface area contributed by atoms with E-state index < -0.39 is 0 Å². The molecule has 1 heterocycles. The van der Waals surface area contributed by atoms with Crippen molar-refractivity contribution in [1.29, 1.82) is 0 Å². The van der Waals surface area contributed by atoms with Gasteiger partial charge < -0.3 is 4.90 Å². The third kappa shape index (κ3) is 4.14. The third-order valence-corrected chi connectivity index (χ3v) is 4.67. The van der Waals surface area contributed by atoms with Crippen LogP contribution in [0.2, 0.25) is 5.02 Å². The Labute approximate surface area is 143 Å². The zero-order chi connectivity index (χ0) is 17.0. The van der Waals surface area contributed by atoms with Crippen LogP contribution in [-0.4, -0.2) is 27.1 Å². The molecule has 0 fully saturated rings. The predicted octanol–water partition coefficient (Wildman–Crippen LogP) is 3.67. The minimum atomic E-state index is 0.148. The summed E-state index contributed by atoms with van der Waals surface area (Å²) in [5.41, 5.74) is 4.30. The highest BCUT2D eigenvalue weighted by Crippen LogP contribution is 2.19. The highest BCUT2D eigenvalue weighted by Gasteiger charge is 2.16. The lowest BCUT2D eigenvalue weighted by atomic mass is 10.1. The molecule has 1 aromatic carbocycles. The number of hydrogen-bond donors (Lipinski definition) is 0. The molecular weight excluding hydrogens is 310 g/mol. The van der Waals surface area contributed by atoms with Crippen LogP contribution in [0, 0.1) is 13.8 Å². The maximum absolute atomic E-state index is 12.5. The zero-order valence-corrected chi connectivity index (χ0v) is 15.0. The Morgan fingerprint density at radius 2 is 2.00 bits per heavy atom. The first-order valence-corrected chi connectivity index (χ1v) is 8.32. The Bertz CT molecular complexity index is 694. The molecule has 0 N–H and O–H groups in total. The highest BCUT2D eigenvalue weighted by molar-refractivity contribution is 6.31. The summed E-state index contributed by atoms with van der Waals surface area (Å²) >= 11 is 6.20. The fourth-order valence-electron chi connectivity index (χ4n) is 2.78. The average Bonchev–Trinajstić information content (AvgIpc) is 2.77. The van der Waals surface area contributed by atoms with Gasteiger partial charge in [0.25, 0.3) is 0 Å². The molecule has 0 atom stereocenters. The second kappa shape index (κ2) is 7.64. The van der Waals surface area contributed by atoms with Gasteiger partial charge in [-0.3, -0.25) is 9.48 Å². The number of nitrogens with zero attached hydrogens (tertiary/aromatic N) is 3. The van der Waals surface area contributed by atoms with E-state index in [4.69, 9.17) is 11.6 Å². The summed E-state index contributed by atoms with van der Waals surface area (Å²) < 4.78 is 1.87. The van der Waals surface area contributed by atoms with Crippen LogP contribution in [0.1, 0.15) is 35.9 Å². The SMILES string of the molecule is CCN(Cc1ccccc1Cl)C(=O)CCc1c(C)nn(C)c1C. The number of carbonyl (C=O) groups is 1. The van der Waals surface area contributed by atoms with Gasteiger partial charge in [-0.15, -0.1) is 0 Å². The first-order chi connectivity index (χ1) is 10.9. The van der Waals surface area contributed by atoms with E-state index in [2.05, 4.69) is 5.10 Å². The summed E-state index contributed by atoms with van der Waals surface area (Å²) in [5.74, 6) is 0.148. The highest BCUT2D eigenvalue weighted by atomic mass is 35.5. The predicted molar refractivity (Wildman–Crippen MR) is 93.5 cm³/mol. The second-order valence-electron chi connectivity index (χ2n) is 5.77. The van der Waals surface area contributed by atoms with Crippen molar-refractivity contribution >= 4 is 17.5 Å². The molecule has 0 unspecified atom stereocenters. The molecule has 2 aromatic rings. The number of carbonyl (C=O) groups excluding carboxylic acids is 1. The Kier molecular flexibility index (Phi) is 5.83. The van der Waals surface area contributed by atoms with Gasteiger partial charge in [-0.05, 0) is 44.4 Å². The van der Waals surface area contributed by atoms with Crippen LogP contribution < -0.4 is 0 Å². The van der Waals surface area contributed by atoms with Crippen LogP contribution >= 0.6 is 11.6 Å². The fraction of sp³-hybridized carbons (Fsp3) is 0.444. The van der Waals surface area contributed by atoms with Gasteiger partial charge >= 0.3 is 0 Å². The summed E-state index contributed by atoms with van der Waals surface area (Å²) in [6.45, 7) is 7.26. The van der Waals surface area contributed by atoms with Gasteiger partial charge in [0.1, 0.15) is 0 Å². The minimum absolute atomic E-state index is 0.148. The van der Waals surface area contributed by atoms with Crippen LogP contribution in [0.25, 0.3) is 0 Å². The number of rotatable bonds is 6. The van der Waals surface area contributed by atoms with E-state index >= 15 is 0 Å². The molecule has 124 valence electrons. The Morgan fingerprint density at radius 1 is 1.30 bits per heavy atom. The molecule has 0 aliphatic rings. The van der Waals surface area contributed by atoms with Crippen molar-refractivity contribution < 1.29 is 4.79 Å². The topological polar surface area (TPSA) is 38.1 Å². The van der Waals surface area contributed by atoms with Crippen molar-refractivity contribution in [2.45, 2.75) is 40.2 Å². The van der Waals surface area contributed by atoms with E-state index in [1.807, 2.05) is 61.7 Å². The van der Waals surface area contributed by atoms with Crippen molar-refractivity contribution in [3.63, 3.8) is 0 Å². The van der Waals surface area contributed by atoms with Crippen LogP contribution in [0.15, 0.2) is 24.3 Å². The normalized spacial score (nSPS) is 10.8. The number of halogens is 1. The first-order valence-electron chi connectivity index (χ1n) is 7.94. The minimum Gasteiger partial charge on any atom is -0.339 e. The molecular formula is C18H24ClN3O. The van der Waals surface area contributed by atoms with Crippen molar-refractivity contribution in [3.05, 3.63) is 51.8 Å². The van der Waals surface area contributed by atoms with Crippen molar-refractivity contribution in [3.8, 4) is 0 Å². The number of aryl methyl sites for hydroxylation is 2. The van der Waals surface area contributed by atoms with Crippen molar-refractivity contribution in [2.24, 2.45) is 7.05 Å². The molecule has 0 bridgehead atoms. The van der Waals surface area contributed by atoms with Gasteiger partial charge in [-0.1, -0.05) is 29.8 Å². The third-order valence-electron chi connectivity index (χ3n) is 4.30. The molecule has 0 radical (unpaired) electrons. The summed E-state index contributed by atoms with van der Waals surface area (Å²) in [5, 5.41) is 5.11. The maximum atomic E-state index is 12.5. The molecule has 23 heavy (non-hydrogen) atoms. The van der Waals surface area contributed by atoms with Crippen LogP contribution in [-0.2, 0) is 24.8 Å². The van der Waals surface area contributed by atoms with Crippen molar-refractivity contribution in [1.82, 2.24) is 14.7 Å². The van der Waals surface area contributed by atoms with E-state index in [9.17, 15) is 4.79 Å². The smallest absolute Gasteiger partial charge is 0.223 e. The molecule has 0 spiro atoms. The lowest BCUT2D eigenvalue weighted by Crippen LogP contribution is -2.30. The number of amides is 1.